The molecule has 0 bridgehead atoms. The van der Waals surface area contributed by atoms with Crippen molar-refractivity contribution in [1.29, 1.82) is 0 Å². The molecule has 4 rings (SSSR count). The molecule has 7 heteroatoms. The molecule has 3 heterocycles. The van der Waals surface area contributed by atoms with Gasteiger partial charge in [0.1, 0.15) is 22.7 Å². The quantitative estimate of drug-likeness (QED) is 0.511. The van der Waals surface area contributed by atoms with Crippen LogP contribution in [-0.4, -0.2) is 38.8 Å². The van der Waals surface area contributed by atoms with Gasteiger partial charge in [0.25, 0.3) is 0 Å². The number of rotatable bonds is 5. The number of aromatic nitrogens is 4. The summed E-state index contributed by atoms with van der Waals surface area (Å²) in [7, 11) is 1.59. The second-order valence-electron chi connectivity index (χ2n) is 6.05. The number of nitrogens with zero attached hydrogens (tertiary/aromatic N) is 3. The molecule has 0 aliphatic rings. The van der Waals surface area contributed by atoms with E-state index in [1.807, 2.05) is 30.3 Å². The normalized spacial score (nSPS) is 11.3. The van der Waals surface area contributed by atoms with Gasteiger partial charge >= 0.3 is 0 Å². The van der Waals surface area contributed by atoms with Crippen LogP contribution in [0.1, 0.15) is 12.2 Å². The number of aliphatic hydroxyl groups is 1. The third-order valence-electron chi connectivity index (χ3n) is 4.35. The zero-order chi connectivity index (χ0) is 18.1. The van der Waals surface area contributed by atoms with Crippen molar-refractivity contribution in [2.45, 2.75) is 12.8 Å². The van der Waals surface area contributed by atoms with Crippen LogP contribution in [0.25, 0.3) is 33.1 Å². The smallest absolute Gasteiger partial charge is 0.212 e. The van der Waals surface area contributed by atoms with E-state index >= 15 is 0 Å². The molecule has 0 spiro atoms. The molecule has 132 valence electrons. The first-order chi connectivity index (χ1) is 12.7. The number of hydrogen-bond donors (Lipinski definition) is 3. The number of aromatic amines is 1. The van der Waals surface area contributed by atoms with Crippen LogP contribution < -0.4 is 10.5 Å². The molecule has 0 saturated carbocycles. The Morgan fingerprint density at radius 3 is 2.73 bits per heavy atom. The summed E-state index contributed by atoms with van der Waals surface area (Å²) in [5, 5.41) is 9.94. The molecule has 0 radical (unpaired) electrons. The fraction of sp³-hybridized carbons (Fsp3) is 0.211. The van der Waals surface area contributed by atoms with Crippen LogP contribution in [0.5, 0.6) is 5.88 Å². The molecule has 0 aliphatic heterocycles. The summed E-state index contributed by atoms with van der Waals surface area (Å²) in [6.45, 7) is 0.130. The van der Waals surface area contributed by atoms with Crippen molar-refractivity contribution >= 4 is 27.8 Å². The lowest BCUT2D eigenvalue weighted by molar-refractivity contribution is 0.287. The Hall–Kier alpha value is -3.19. The van der Waals surface area contributed by atoms with Gasteiger partial charge in [-0.3, -0.25) is 0 Å². The molecule has 0 aliphatic carbocycles. The first kappa shape index (κ1) is 16.3. The third-order valence-corrected chi connectivity index (χ3v) is 4.35. The molecular weight excluding hydrogens is 330 g/mol. The Labute approximate surface area is 149 Å². The highest BCUT2D eigenvalue weighted by Gasteiger charge is 2.12. The Bertz CT molecular complexity index is 1070. The lowest BCUT2D eigenvalue weighted by atomic mass is 10.0. The average molecular weight is 349 g/mol. The minimum atomic E-state index is 0.130. The molecule has 7 nitrogen and oxygen atoms in total. The number of methoxy groups -OCH3 is 1. The summed E-state index contributed by atoms with van der Waals surface area (Å²) in [6, 6.07) is 9.78. The van der Waals surface area contributed by atoms with Crippen LogP contribution in [0.4, 0.5) is 5.82 Å². The van der Waals surface area contributed by atoms with Gasteiger partial charge in [0, 0.05) is 36.2 Å². The Balaban J connectivity index is 1.81. The van der Waals surface area contributed by atoms with Crippen LogP contribution >= 0.6 is 0 Å². The number of nitrogen functional groups attached to an aromatic ring is 1. The van der Waals surface area contributed by atoms with Gasteiger partial charge in [-0.2, -0.15) is 0 Å². The topological polar surface area (TPSA) is 110 Å². The highest BCUT2D eigenvalue weighted by Crippen LogP contribution is 2.30. The van der Waals surface area contributed by atoms with E-state index in [4.69, 9.17) is 15.6 Å². The molecule has 1 aromatic carbocycles. The van der Waals surface area contributed by atoms with Gasteiger partial charge in [-0.15, -0.1) is 0 Å². The predicted octanol–water partition coefficient (Wildman–Crippen LogP) is 2.69. The standard InChI is InChI=1S/C19H19N5O2/c1-26-16-7-5-12(10-21-16)11-4-6-13-14(9-11)22-19(20)18-17(13)23-15(24-18)3-2-8-25/h4-7,9-10,25H,2-3,8H2,1H3,(H2,20,22)(H,23,24). The van der Waals surface area contributed by atoms with Gasteiger partial charge in [0.05, 0.1) is 12.6 Å². The Morgan fingerprint density at radius 2 is 2.00 bits per heavy atom. The van der Waals surface area contributed by atoms with Crippen molar-refractivity contribution in [2.75, 3.05) is 19.5 Å². The number of hydrogen-bond acceptors (Lipinski definition) is 6. The van der Waals surface area contributed by atoms with Crippen molar-refractivity contribution in [3.63, 3.8) is 0 Å². The zero-order valence-electron chi connectivity index (χ0n) is 14.4. The maximum atomic E-state index is 9.01. The van der Waals surface area contributed by atoms with Crippen molar-refractivity contribution in [2.24, 2.45) is 0 Å². The van der Waals surface area contributed by atoms with E-state index in [0.29, 0.717) is 24.5 Å². The summed E-state index contributed by atoms with van der Waals surface area (Å²) < 4.78 is 5.10. The third kappa shape index (κ3) is 2.82. The molecule has 4 N–H and O–H groups in total. The molecule has 0 atom stereocenters. The maximum absolute atomic E-state index is 9.01. The highest BCUT2D eigenvalue weighted by atomic mass is 16.5. The summed E-state index contributed by atoms with van der Waals surface area (Å²) in [4.78, 5) is 16.6. The van der Waals surface area contributed by atoms with E-state index in [1.54, 1.807) is 13.3 Å². The molecule has 0 saturated heterocycles. The number of nitrogens with one attached hydrogen (secondary N) is 1. The summed E-state index contributed by atoms with van der Waals surface area (Å²) in [5.74, 6) is 1.80. The Morgan fingerprint density at radius 1 is 1.15 bits per heavy atom. The van der Waals surface area contributed by atoms with Crippen LogP contribution in [0.2, 0.25) is 0 Å². The molecule has 0 amide bonds. The number of nitrogens with two attached hydrogens (primary N) is 1. The van der Waals surface area contributed by atoms with Crippen LogP contribution in [0, 0.1) is 0 Å². The second kappa shape index (κ2) is 6.61. The van der Waals surface area contributed by atoms with Crippen molar-refractivity contribution < 1.29 is 9.84 Å². The monoisotopic (exact) mass is 349 g/mol. The van der Waals surface area contributed by atoms with Crippen molar-refractivity contribution in [3.05, 3.63) is 42.4 Å². The van der Waals surface area contributed by atoms with Crippen molar-refractivity contribution in [1.82, 2.24) is 19.9 Å². The van der Waals surface area contributed by atoms with E-state index in [0.717, 1.165) is 38.9 Å². The number of fused-ring (bicyclic) bond motifs is 3. The summed E-state index contributed by atoms with van der Waals surface area (Å²) >= 11 is 0. The highest BCUT2D eigenvalue weighted by molar-refractivity contribution is 6.07. The largest absolute Gasteiger partial charge is 0.481 e. The molecule has 0 fully saturated rings. The molecule has 0 unspecified atom stereocenters. The first-order valence-corrected chi connectivity index (χ1v) is 8.38. The first-order valence-electron chi connectivity index (χ1n) is 8.38. The van der Waals surface area contributed by atoms with Gasteiger partial charge in [0.2, 0.25) is 5.88 Å². The fourth-order valence-corrected chi connectivity index (χ4v) is 3.03. The predicted molar refractivity (Wildman–Crippen MR) is 101 cm³/mol. The van der Waals surface area contributed by atoms with Gasteiger partial charge in [-0.05, 0) is 30.2 Å². The second-order valence-corrected chi connectivity index (χ2v) is 6.05. The minimum absolute atomic E-state index is 0.130. The van der Waals surface area contributed by atoms with E-state index < -0.39 is 0 Å². The molecule has 26 heavy (non-hydrogen) atoms. The number of imidazole rings is 1. The average Bonchev–Trinajstić information content (AvgIpc) is 3.11. The number of pyridine rings is 2. The van der Waals surface area contributed by atoms with E-state index in [1.165, 1.54) is 0 Å². The van der Waals surface area contributed by atoms with Gasteiger partial charge in [0.15, 0.2) is 0 Å². The lowest BCUT2D eigenvalue weighted by Gasteiger charge is -2.06. The number of benzene rings is 1. The Kier molecular flexibility index (Phi) is 4.14. The number of ether oxygens (including phenoxy) is 1. The van der Waals surface area contributed by atoms with Crippen molar-refractivity contribution in [3.8, 4) is 17.0 Å². The van der Waals surface area contributed by atoms with Gasteiger partial charge < -0.3 is 20.6 Å². The zero-order valence-corrected chi connectivity index (χ0v) is 14.4. The molecule has 4 aromatic rings. The summed E-state index contributed by atoms with van der Waals surface area (Å²) in [5.41, 5.74) is 10.4. The minimum Gasteiger partial charge on any atom is -0.481 e. The molecular formula is C19H19N5O2. The van der Waals surface area contributed by atoms with Gasteiger partial charge in [-0.1, -0.05) is 6.07 Å². The number of aryl methyl sites for hydroxylation is 1. The molecule has 3 aromatic heterocycles. The fourth-order valence-electron chi connectivity index (χ4n) is 3.03. The van der Waals surface area contributed by atoms with Crippen LogP contribution in [0.15, 0.2) is 36.5 Å². The van der Waals surface area contributed by atoms with E-state index in [-0.39, 0.29) is 6.61 Å². The van der Waals surface area contributed by atoms with E-state index in [9.17, 15) is 0 Å². The summed E-state index contributed by atoms with van der Waals surface area (Å²) in [6.07, 6.45) is 3.09. The number of H-pyrrole nitrogens is 1. The van der Waals surface area contributed by atoms with Crippen LogP contribution in [0.3, 0.4) is 0 Å². The van der Waals surface area contributed by atoms with Gasteiger partial charge in [-0.25, -0.2) is 15.0 Å². The van der Waals surface area contributed by atoms with E-state index in [2.05, 4.69) is 19.9 Å². The lowest BCUT2D eigenvalue weighted by Crippen LogP contribution is -1.94. The number of anilines is 1. The maximum Gasteiger partial charge on any atom is 0.212 e. The number of aliphatic hydroxyl groups excluding tert-OH is 1. The van der Waals surface area contributed by atoms with Crippen LogP contribution in [-0.2, 0) is 6.42 Å². The SMILES string of the molecule is COc1ccc(-c2ccc3c(c2)nc(N)c2[nH]c(CCCO)nc23)cn1.